The van der Waals surface area contributed by atoms with E-state index in [1.165, 1.54) is 0 Å². The van der Waals surface area contributed by atoms with Crippen molar-refractivity contribution in [1.29, 1.82) is 0 Å². The van der Waals surface area contributed by atoms with Crippen LogP contribution in [0, 0.1) is 5.41 Å². The molecular weight excluding hydrogens is 130 g/mol. The number of aliphatic hydroxyl groups is 2. The summed E-state index contributed by atoms with van der Waals surface area (Å²) in [5, 5.41) is 20.7. The molecule has 3 N–H and O–H groups in total. The van der Waals surface area contributed by atoms with E-state index in [0.717, 1.165) is 6.54 Å². The summed E-state index contributed by atoms with van der Waals surface area (Å²) >= 11 is 0. The lowest BCUT2D eigenvalue weighted by Gasteiger charge is -2.24. The minimum absolute atomic E-state index is 0.0243. The molecule has 0 radical (unpaired) electrons. The normalized spacial score (nSPS) is 12.0. The summed E-state index contributed by atoms with van der Waals surface area (Å²) < 4.78 is 0. The van der Waals surface area contributed by atoms with Gasteiger partial charge in [-0.2, -0.15) is 0 Å². The van der Waals surface area contributed by atoms with Crippen molar-refractivity contribution in [2.75, 3.05) is 26.3 Å². The van der Waals surface area contributed by atoms with Gasteiger partial charge in [0, 0.05) is 12.0 Å². The molecule has 0 aromatic heterocycles. The predicted octanol–water partition coefficient (Wildman–Crippen LogP) is -0.413. The molecule has 0 aliphatic heterocycles. The van der Waals surface area contributed by atoms with E-state index in [2.05, 4.69) is 5.32 Å². The summed E-state index contributed by atoms with van der Waals surface area (Å²) in [5.41, 5.74) is -0.365. The third-order valence-corrected chi connectivity index (χ3v) is 1.57. The number of hydrogen-bond acceptors (Lipinski definition) is 3. The molecule has 0 atom stereocenters. The van der Waals surface area contributed by atoms with Crippen molar-refractivity contribution >= 4 is 0 Å². The van der Waals surface area contributed by atoms with Gasteiger partial charge in [0.05, 0.1) is 13.2 Å². The lowest BCUT2D eigenvalue weighted by molar-refractivity contribution is 0.0703. The summed E-state index contributed by atoms with van der Waals surface area (Å²) in [6.07, 6.45) is 0. The Balaban J connectivity index is 3.58. The van der Waals surface area contributed by atoms with Gasteiger partial charge in [-0.05, 0) is 6.54 Å². The zero-order valence-corrected chi connectivity index (χ0v) is 6.72. The zero-order chi connectivity index (χ0) is 8.04. The van der Waals surface area contributed by atoms with Crippen molar-refractivity contribution in [2.45, 2.75) is 13.8 Å². The molecule has 3 nitrogen and oxygen atoms in total. The highest BCUT2D eigenvalue weighted by atomic mass is 16.3. The largest absolute Gasteiger partial charge is 0.396 e. The van der Waals surface area contributed by atoms with E-state index in [4.69, 9.17) is 10.2 Å². The van der Waals surface area contributed by atoms with Gasteiger partial charge in [-0.3, -0.25) is 0 Å². The van der Waals surface area contributed by atoms with Crippen LogP contribution in [0.15, 0.2) is 0 Å². The standard InChI is InChI=1S/C7H17NO2/c1-3-8-4-7(2,5-9)6-10/h8-10H,3-6H2,1-2H3. The molecule has 0 aliphatic carbocycles. The second-order valence-electron chi connectivity index (χ2n) is 2.91. The summed E-state index contributed by atoms with van der Waals surface area (Å²) in [7, 11) is 0. The van der Waals surface area contributed by atoms with Gasteiger partial charge >= 0.3 is 0 Å². The molecule has 0 aromatic carbocycles. The van der Waals surface area contributed by atoms with E-state index < -0.39 is 0 Å². The monoisotopic (exact) mass is 147 g/mol. The van der Waals surface area contributed by atoms with Crippen molar-refractivity contribution in [3.63, 3.8) is 0 Å². The molecule has 0 aromatic rings. The second-order valence-corrected chi connectivity index (χ2v) is 2.91. The molecule has 0 spiro atoms. The zero-order valence-electron chi connectivity index (χ0n) is 6.72. The minimum Gasteiger partial charge on any atom is -0.396 e. The maximum Gasteiger partial charge on any atom is 0.0518 e. The Morgan fingerprint density at radius 3 is 2.10 bits per heavy atom. The third kappa shape index (κ3) is 3.15. The lowest BCUT2D eigenvalue weighted by atomic mass is 9.93. The smallest absolute Gasteiger partial charge is 0.0518 e. The molecule has 0 saturated heterocycles. The van der Waals surface area contributed by atoms with Crippen LogP contribution >= 0.6 is 0 Å². The molecule has 62 valence electrons. The van der Waals surface area contributed by atoms with E-state index in [1.54, 1.807) is 0 Å². The number of hydrogen-bond donors (Lipinski definition) is 3. The van der Waals surface area contributed by atoms with E-state index in [-0.39, 0.29) is 18.6 Å². The molecule has 0 bridgehead atoms. The topological polar surface area (TPSA) is 52.5 Å². The van der Waals surface area contributed by atoms with E-state index in [1.807, 2.05) is 13.8 Å². The van der Waals surface area contributed by atoms with Crippen LogP contribution in [-0.4, -0.2) is 36.5 Å². The fourth-order valence-corrected chi connectivity index (χ4v) is 0.589. The number of aliphatic hydroxyl groups excluding tert-OH is 2. The van der Waals surface area contributed by atoms with Crippen LogP contribution in [0.1, 0.15) is 13.8 Å². The van der Waals surface area contributed by atoms with Gasteiger partial charge in [0.15, 0.2) is 0 Å². The Kier molecular flexibility index (Phi) is 4.60. The van der Waals surface area contributed by atoms with Crippen molar-refractivity contribution in [1.82, 2.24) is 5.32 Å². The minimum atomic E-state index is -0.365. The first-order chi connectivity index (χ1) is 4.68. The molecular formula is C7H17NO2. The van der Waals surface area contributed by atoms with Gasteiger partial charge < -0.3 is 15.5 Å². The Labute approximate surface area is 62.1 Å². The van der Waals surface area contributed by atoms with Crippen molar-refractivity contribution < 1.29 is 10.2 Å². The van der Waals surface area contributed by atoms with Crippen LogP contribution in [0.5, 0.6) is 0 Å². The Hall–Kier alpha value is -0.120. The van der Waals surface area contributed by atoms with Gasteiger partial charge in [0.25, 0.3) is 0 Å². The molecule has 3 heteroatoms. The summed E-state index contributed by atoms with van der Waals surface area (Å²) in [4.78, 5) is 0. The fourth-order valence-electron chi connectivity index (χ4n) is 0.589. The van der Waals surface area contributed by atoms with Gasteiger partial charge in [0.1, 0.15) is 0 Å². The van der Waals surface area contributed by atoms with Crippen LogP contribution in [-0.2, 0) is 0 Å². The number of nitrogens with one attached hydrogen (secondary N) is 1. The molecule has 0 saturated carbocycles. The van der Waals surface area contributed by atoms with Crippen LogP contribution in [0.4, 0.5) is 0 Å². The lowest BCUT2D eigenvalue weighted by Crippen LogP contribution is -2.37. The van der Waals surface area contributed by atoms with E-state index >= 15 is 0 Å². The first-order valence-corrected chi connectivity index (χ1v) is 3.61. The third-order valence-electron chi connectivity index (χ3n) is 1.57. The van der Waals surface area contributed by atoms with Crippen LogP contribution in [0.3, 0.4) is 0 Å². The maximum absolute atomic E-state index is 8.81. The number of rotatable bonds is 5. The average Bonchev–Trinajstić information content (AvgIpc) is 2.00. The molecule has 0 amide bonds. The first-order valence-electron chi connectivity index (χ1n) is 3.61. The average molecular weight is 147 g/mol. The fraction of sp³-hybridized carbons (Fsp3) is 1.00. The highest BCUT2D eigenvalue weighted by Crippen LogP contribution is 2.11. The Morgan fingerprint density at radius 1 is 1.30 bits per heavy atom. The SMILES string of the molecule is CCNCC(C)(CO)CO. The highest BCUT2D eigenvalue weighted by Gasteiger charge is 2.20. The predicted molar refractivity (Wildman–Crippen MR) is 40.8 cm³/mol. The summed E-state index contributed by atoms with van der Waals surface area (Å²) in [5.74, 6) is 0. The molecule has 10 heavy (non-hydrogen) atoms. The highest BCUT2D eigenvalue weighted by molar-refractivity contribution is 4.74. The quantitative estimate of drug-likeness (QED) is 0.495. The molecule has 0 fully saturated rings. The van der Waals surface area contributed by atoms with E-state index in [9.17, 15) is 0 Å². The van der Waals surface area contributed by atoms with Crippen LogP contribution in [0.2, 0.25) is 0 Å². The molecule has 0 unspecified atom stereocenters. The van der Waals surface area contributed by atoms with Gasteiger partial charge in [-0.1, -0.05) is 13.8 Å². The van der Waals surface area contributed by atoms with Crippen LogP contribution in [0.25, 0.3) is 0 Å². The Bertz CT molecular complexity index is 81.7. The van der Waals surface area contributed by atoms with Gasteiger partial charge in [0.2, 0.25) is 0 Å². The first kappa shape index (κ1) is 9.88. The second kappa shape index (κ2) is 4.66. The summed E-state index contributed by atoms with van der Waals surface area (Å²) in [6, 6.07) is 0. The summed E-state index contributed by atoms with van der Waals surface area (Å²) in [6.45, 7) is 5.42. The van der Waals surface area contributed by atoms with Crippen LogP contribution < -0.4 is 5.32 Å². The molecule has 0 heterocycles. The van der Waals surface area contributed by atoms with E-state index in [0.29, 0.717) is 6.54 Å². The van der Waals surface area contributed by atoms with Gasteiger partial charge in [-0.15, -0.1) is 0 Å². The van der Waals surface area contributed by atoms with Crippen molar-refractivity contribution in [2.24, 2.45) is 5.41 Å². The maximum atomic E-state index is 8.81. The van der Waals surface area contributed by atoms with Gasteiger partial charge in [-0.25, -0.2) is 0 Å². The van der Waals surface area contributed by atoms with Crippen molar-refractivity contribution in [3.05, 3.63) is 0 Å². The molecule has 0 aliphatic rings. The molecule has 0 rings (SSSR count). The Morgan fingerprint density at radius 2 is 1.80 bits per heavy atom. The van der Waals surface area contributed by atoms with Crippen molar-refractivity contribution in [3.8, 4) is 0 Å².